The maximum Gasteiger partial charge on any atom is 0.344 e. The average Bonchev–Trinajstić information content (AvgIpc) is 2.99. The number of rotatable bonds is 3. The van der Waals surface area contributed by atoms with Crippen molar-refractivity contribution in [3.8, 4) is 11.6 Å². The second kappa shape index (κ2) is 6.79. The Kier molecular flexibility index (Phi) is 4.68. The Morgan fingerprint density at radius 2 is 1.65 bits per heavy atom. The molecule has 26 heavy (non-hydrogen) atoms. The maximum atomic E-state index is 12.6. The molecule has 0 fully saturated rings. The van der Waals surface area contributed by atoms with Crippen LogP contribution in [0.4, 0.5) is 0 Å². The van der Waals surface area contributed by atoms with Gasteiger partial charge in [-0.15, -0.1) is 0 Å². The summed E-state index contributed by atoms with van der Waals surface area (Å²) in [4.78, 5) is 12.6. The van der Waals surface area contributed by atoms with Crippen LogP contribution in [0.15, 0.2) is 54.6 Å². The molecular formula is C22H24N2O2. The molecule has 0 unspecified atom stereocenters. The molecule has 0 saturated heterocycles. The molecule has 134 valence electrons. The summed E-state index contributed by atoms with van der Waals surface area (Å²) >= 11 is 0. The van der Waals surface area contributed by atoms with E-state index in [1.807, 2.05) is 56.3 Å². The highest BCUT2D eigenvalue weighted by atomic mass is 16.5. The zero-order chi connectivity index (χ0) is 18.9. The van der Waals surface area contributed by atoms with Gasteiger partial charge in [-0.2, -0.15) is 5.10 Å². The number of aromatic nitrogens is 2. The Balaban J connectivity index is 2.00. The Bertz CT molecular complexity index is 932. The SMILES string of the molecule is Cc1ccc(C(=O)Oc2cc(C(C)(C)C)nn2-c2cccc(C)c2)cc1. The standard InChI is InChI=1S/C22H24N2O2/c1-15-9-11-17(12-10-15)21(25)26-20-14-19(22(3,4)5)23-24(20)18-8-6-7-16(2)13-18/h6-14H,1-5H3. The third kappa shape index (κ3) is 3.85. The topological polar surface area (TPSA) is 44.1 Å². The van der Waals surface area contributed by atoms with E-state index < -0.39 is 0 Å². The van der Waals surface area contributed by atoms with Crippen molar-refractivity contribution in [2.24, 2.45) is 0 Å². The van der Waals surface area contributed by atoms with E-state index in [0.717, 1.165) is 22.5 Å². The van der Waals surface area contributed by atoms with Crippen LogP contribution in [0.5, 0.6) is 5.88 Å². The van der Waals surface area contributed by atoms with Gasteiger partial charge < -0.3 is 4.74 Å². The molecule has 4 heteroatoms. The van der Waals surface area contributed by atoms with Crippen LogP contribution < -0.4 is 4.74 Å². The van der Waals surface area contributed by atoms with Crippen LogP contribution in [0, 0.1) is 13.8 Å². The number of hydrogen-bond donors (Lipinski definition) is 0. The lowest BCUT2D eigenvalue weighted by atomic mass is 9.93. The number of aryl methyl sites for hydroxylation is 2. The lowest BCUT2D eigenvalue weighted by Crippen LogP contribution is -2.13. The zero-order valence-electron chi connectivity index (χ0n) is 15.9. The van der Waals surface area contributed by atoms with Crippen molar-refractivity contribution in [3.05, 3.63) is 77.0 Å². The first-order valence-electron chi connectivity index (χ1n) is 8.70. The lowest BCUT2D eigenvalue weighted by molar-refractivity contribution is 0.0723. The summed E-state index contributed by atoms with van der Waals surface area (Å²) in [6, 6.07) is 17.1. The van der Waals surface area contributed by atoms with Gasteiger partial charge in [0.1, 0.15) is 0 Å². The van der Waals surface area contributed by atoms with Crippen molar-refractivity contribution >= 4 is 5.97 Å². The van der Waals surface area contributed by atoms with Gasteiger partial charge in [0.25, 0.3) is 0 Å². The van der Waals surface area contributed by atoms with Gasteiger partial charge in [-0.25, -0.2) is 9.48 Å². The van der Waals surface area contributed by atoms with E-state index in [2.05, 4.69) is 20.8 Å². The van der Waals surface area contributed by atoms with Crippen molar-refractivity contribution in [2.75, 3.05) is 0 Å². The van der Waals surface area contributed by atoms with Crippen LogP contribution in [-0.2, 0) is 5.41 Å². The minimum absolute atomic E-state index is 0.153. The first-order chi connectivity index (χ1) is 12.2. The van der Waals surface area contributed by atoms with E-state index in [4.69, 9.17) is 9.84 Å². The van der Waals surface area contributed by atoms with E-state index in [-0.39, 0.29) is 11.4 Å². The molecule has 0 N–H and O–H groups in total. The molecule has 2 aromatic carbocycles. The van der Waals surface area contributed by atoms with Crippen LogP contribution in [0.1, 0.15) is 48.0 Å². The van der Waals surface area contributed by atoms with Gasteiger partial charge in [-0.05, 0) is 43.7 Å². The molecule has 0 radical (unpaired) electrons. The highest BCUT2D eigenvalue weighted by Crippen LogP contribution is 2.28. The van der Waals surface area contributed by atoms with Crippen molar-refractivity contribution in [2.45, 2.75) is 40.0 Å². The quantitative estimate of drug-likeness (QED) is 0.625. The molecular weight excluding hydrogens is 324 g/mol. The summed E-state index contributed by atoms with van der Waals surface area (Å²) < 4.78 is 7.40. The van der Waals surface area contributed by atoms with Gasteiger partial charge in [0.05, 0.1) is 16.9 Å². The van der Waals surface area contributed by atoms with Gasteiger partial charge in [0, 0.05) is 11.5 Å². The largest absolute Gasteiger partial charge is 0.404 e. The van der Waals surface area contributed by atoms with Crippen LogP contribution in [0.2, 0.25) is 0 Å². The predicted molar refractivity (Wildman–Crippen MR) is 103 cm³/mol. The van der Waals surface area contributed by atoms with Crippen LogP contribution >= 0.6 is 0 Å². The molecule has 1 heterocycles. The van der Waals surface area contributed by atoms with E-state index in [1.54, 1.807) is 16.8 Å². The molecule has 1 aromatic heterocycles. The zero-order valence-corrected chi connectivity index (χ0v) is 15.9. The normalized spacial score (nSPS) is 11.4. The molecule has 0 aliphatic heterocycles. The average molecular weight is 348 g/mol. The van der Waals surface area contributed by atoms with Crippen molar-refractivity contribution < 1.29 is 9.53 Å². The molecule has 3 rings (SSSR count). The fourth-order valence-electron chi connectivity index (χ4n) is 2.59. The first kappa shape index (κ1) is 17.9. The number of ether oxygens (including phenoxy) is 1. The number of carbonyl (C=O) groups excluding carboxylic acids is 1. The monoisotopic (exact) mass is 348 g/mol. The molecule has 0 aliphatic rings. The molecule has 4 nitrogen and oxygen atoms in total. The minimum Gasteiger partial charge on any atom is -0.404 e. The molecule has 0 aliphatic carbocycles. The molecule has 0 atom stereocenters. The number of hydrogen-bond acceptors (Lipinski definition) is 3. The van der Waals surface area contributed by atoms with Crippen LogP contribution in [-0.4, -0.2) is 15.7 Å². The van der Waals surface area contributed by atoms with Gasteiger partial charge in [0.2, 0.25) is 5.88 Å². The van der Waals surface area contributed by atoms with E-state index in [9.17, 15) is 4.79 Å². The molecule has 3 aromatic rings. The fraction of sp³-hybridized carbons (Fsp3) is 0.273. The molecule has 0 spiro atoms. The number of benzene rings is 2. The third-order valence-electron chi connectivity index (χ3n) is 4.18. The van der Waals surface area contributed by atoms with Crippen LogP contribution in [0.3, 0.4) is 0 Å². The predicted octanol–water partition coefficient (Wildman–Crippen LogP) is 5.01. The number of esters is 1. The molecule has 0 bridgehead atoms. The molecule has 0 saturated carbocycles. The highest BCUT2D eigenvalue weighted by molar-refractivity contribution is 5.91. The Labute approximate surface area is 154 Å². The maximum absolute atomic E-state index is 12.6. The van der Waals surface area contributed by atoms with E-state index >= 15 is 0 Å². The first-order valence-corrected chi connectivity index (χ1v) is 8.70. The van der Waals surface area contributed by atoms with Gasteiger partial charge in [-0.3, -0.25) is 0 Å². The third-order valence-corrected chi connectivity index (χ3v) is 4.18. The second-order valence-corrected chi connectivity index (χ2v) is 7.62. The Morgan fingerprint density at radius 3 is 2.27 bits per heavy atom. The summed E-state index contributed by atoms with van der Waals surface area (Å²) in [5, 5.41) is 4.69. The van der Waals surface area contributed by atoms with Crippen molar-refractivity contribution in [1.29, 1.82) is 0 Å². The summed E-state index contributed by atoms with van der Waals surface area (Å²) in [6.45, 7) is 10.3. The fourth-order valence-corrected chi connectivity index (χ4v) is 2.59. The Hall–Kier alpha value is -2.88. The smallest absolute Gasteiger partial charge is 0.344 e. The molecule has 0 amide bonds. The summed E-state index contributed by atoms with van der Waals surface area (Å²) in [7, 11) is 0. The minimum atomic E-state index is -0.390. The number of nitrogens with zero attached hydrogens (tertiary/aromatic N) is 2. The Morgan fingerprint density at radius 1 is 0.962 bits per heavy atom. The van der Waals surface area contributed by atoms with Crippen molar-refractivity contribution in [1.82, 2.24) is 9.78 Å². The van der Waals surface area contributed by atoms with Crippen molar-refractivity contribution in [3.63, 3.8) is 0 Å². The highest BCUT2D eigenvalue weighted by Gasteiger charge is 2.23. The second-order valence-electron chi connectivity index (χ2n) is 7.62. The van der Waals surface area contributed by atoms with E-state index in [1.165, 1.54) is 0 Å². The van der Waals surface area contributed by atoms with E-state index in [0.29, 0.717) is 11.4 Å². The summed E-state index contributed by atoms with van der Waals surface area (Å²) in [5.74, 6) is 0.0327. The van der Waals surface area contributed by atoms with Gasteiger partial charge in [0.15, 0.2) is 0 Å². The summed E-state index contributed by atoms with van der Waals surface area (Å²) in [6.07, 6.45) is 0. The van der Waals surface area contributed by atoms with Gasteiger partial charge >= 0.3 is 5.97 Å². The van der Waals surface area contributed by atoms with Crippen LogP contribution in [0.25, 0.3) is 5.69 Å². The summed E-state index contributed by atoms with van der Waals surface area (Å²) in [5.41, 5.74) is 4.32. The van der Waals surface area contributed by atoms with Gasteiger partial charge in [-0.1, -0.05) is 50.6 Å². The lowest BCUT2D eigenvalue weighted by Gasteiger charge is -2.14. The number of carbonyl (C=O) groups is 1.